The van der Waals surface area contributed by atoms with Crippen molar-refractivity contribution in [2.75, 3.05) is 13.2 Å². The number of fused-ring (bicyclic) bond motifs is 1. The minimum atomic E-state index is 0.597. The van der Waals surface area contributed by atoms with Crippen LogP contribution in [0.1, 0.15) is 13.8 Å². The number of ether oxygens (including phenoxy) is 2. The first-order valence-electron chi connectivity index (χ1n) is 7.27. The van der Waals surface area contributed by atoms with E-state index in [0.29, 0.717) is 13.2 Å². The first-order valence-corrected chi connectivity index (χ1v) is 8.35. The molecule has 3 rings (SSSR count). The molecule has 0 aliphatic carbocycles. The van der Waals surface area contributed by atoms with Gasteiger partial charge in [-0.2, -0.15) is 0 Å². The molecule has 1 aromatic heterocycles. The van der Waals surface area contributed by atoms with Crippen LogP contribution in [0, 0.1) is 3.57 Å². The van der Waals surface area contributed by atoms with E-state index in [4.69, 9.17) is 9.47 Å². The number of hydrogen-bond acceptors (Lipinski definition) is 3. The predicted molar refractivity (Wildman–Crippen MR) is 96.6 cm³/mol. The highest BCUT2D eigenvalue weighted by Gasteiger charge is 2.14. The van der Waals surface area contributed by atoms with Crippen molar-refractivity contribution < 1.29 is 9.47 Å². The molecule has 1 heterocycles. The number of halogens is 1. The van der Waals surface area contributed by atoms with E-state index in [-0.39, 0.29) is 0 Å². The first-order chi connectivity index (χ1) is 10.7. The first kappa shape index (κ1) is 15.1. The molecule has 5 heteroatoms. The second kappa shape index (κ2) is 6.56. The summed E-state index contributed by atoms with van der Waals surface area (Å²) in [6.45, 7) is 5.15. The number of rotatable bonds is 5. The number of aromatic nitrogens is 2. The number of para-hydroxylation sites is 2. The third-order valence-corrected chi connectivity index (χ3v) is 4.06. The largest absolute Gasteiger partial charge is 0.490 e. The van der Waals surface area contributed by atoms with Crippen molar-refractivity contribution in [1.29, 1.82) is 0 Å². The standard InChI is InChI=1S/C17H17IN2O2/c1-3-21-15-10-11(9-12(18)16(15)22-4-2)17-19-13-7-5-6-8-14(13)20-17/h5-10H,3-4H2,1-2H3,(H,19,20). The van der Waals surface area contributed by atoms with Gasteiger partial charge in [0.15, 0.2) is 11.5 Å². The summed E-state index contributed by atoms with van der Waals surface area (Å²) in [7, 11) is 0. The molecular weight excluding hydrogens is 391 g/mol. The average molecular weight is 408 g/mol. The topological polar surface area (TPSA) is 47.1 Å². The Hall–Kier alpha value is -1.76. The number of nitrogens with one attached hydrogen (secondary N) is 1. The average Bonchev–Trinajstić information content (AvgIpc) is 2.94. The van der Waals surface area contributed by atoms with E-state index in [0.717, 1.165) is 37.5 Å². The Kier molecular flexibility index (Phi) is 4.52. The van der Waals surface area contributed by atoms with Crippen LogP contribution in [-0.2, 0) is 0 Å². The SMILES string of the molecule is CCOc1cc(-c2nc3ccccc3[nH]2)cc(I)c1OCC. The highest BCUT2D eigenvalue weighted by Crippen LogP contribution is 2.37. The smallest absolute Gasteiger partial charge is 0.174 e. The van der Waals surface area contributed by atoms with E-state index in [1.54, 1.807) is 0 Å². The molecule has 0 saturated heterocycles. The molecule has 0 aliphatic rings. The van der Waals surface area contributed by atoms with Gasteiger partial charge in [-0.25, -0.2) is 4.98 Å². The molecule has 0 atom stereocenters. The summed E-state index contributed by atoms with van der Waals surface area (Å²) < 4.78 is 12.5. The monoisotopic (exact) mass is 408 g/mol. The second-order valence-corrected chi connectivity index (χ2v) is 5.92. The maximum atomic E-state index is 5.74. The van der Waals surface area contributed by atoms with Gasteiger partial charge in [-0.3, -0.25) is 0 Å². The van der Waals surface area contributed by atoms with Crippen LogP contribution in [0.3, 0.4) is 0 Å². The lowest BCUT2D eigenvalue weighted by Gasteiger charge is -2.13. The zero-order valence-corrected chi connectivity index (χ0v) is 14.7. The van der Waals surface area contributed by atoms with Gasteiger partial charge in [0.2, 0.25) is 0 Å². The zero-order chi connectivity index (χ0) is 15.5. The Labute approximate surface area is 143 Å². The highest BCUT2D eigenvalue weighted by atomic mass is 127. The third kappa shape index (κ3) is 2.90. The molecule has 0 saturated carbocycles. The fraction of sp³-hybridized carbons (Fsp3) is 0.235. The third-order valence-electron chi connectivity index (χ3n) is 3.26. The summed E-state index contributed by atoms with van der Waals surface area (Å²) in [5.41, 5.74) is 2.98. The number of nitrogens with zero attached hydrogens (tertiary/aromatic N) is 1. The minimum absolute atomic E-state index is 0.597. The fourth-order valence-electron chi connectivity index (χ4n) is 2.34. The van der Waals surface area contributed by atoms with Crippen LogP contribution < -0.4 is 9.47 Å². The van der Waals surface area contributed by atoms with Crippen LogP contribution in [0.5, 0.6) is 11.5 Å². The van der Waals surface area contributed by atoms with Gasteiger partial charge in [0, 0.05) is 5.56 Å². The molecule has 0 bridgehead atoms. The molecular formula is C17H17IN2O2. The van der Waals surface area contributed by atoms with Gasteiger partial charge < -0.3 is 14.5 Å². The maximum absolute atomic E-state index is 5.74. The van der Waals surface area contributed by atoms with Crippen molar-refractivity contribution in [3.63, 3.8) is 0 Å². The molecule has 4 nitrogen and oxygen atoms in total. The predicted octanol–water partition coefficient (Wildman–Crippen LogP) is 4.63. The van der Waals surface area contributed by atoms with Gasteiger partial charge in [0.05, 0.1) is 27.8 Å². The van der Waals surface area contributed by atoms with Gasteiger partial charge in [-0.15, -0.1) is 0 Å². The van der Waals surface area contributed by atoms with Gasteiger partial charge in [-0.1, -0.05) is 12.1 Å². The van der Waals surface area contributed by atoms with E-state index in [2.05, 4.69) is 38.6 Å². The van der Waals surface area contributed by atoms with Crippen molar-refractivity contribution >= 4 is 33.6 Å². The summed E-state index contributed by atoms with van der Waals surface area (Å²) in [6, 6.07) is 12.0. The highest BCUT2D eigenvalue weighted by molar-refractivity contribution is 14.1. The number of H-pyrrole nitrogens is 1. The molecule has 3 aromatic rings. The molecule has 0 aliphatic heterocycles. The summed E-state index contributed by atoms with van der Waals surface area (Å²) in [5, 5.41) is 0. The van der Waals surface area contributed by atoms with Crippen molar-refractivity contribution in [3.05, 3.63) is 40.0 Å². The summed E-state index contributed by atoms with van der Waals surface area (Å²) >= 11 is 2.27. The van der Waals surface area contributed by atoms with Crippen LogP contribution in [0.2, 0.25) is 0 Å². The van der Waals surface area contributed by atoms with Gasteiger partial charge in [-0.05, 0) is 60.7 Å². The Balaban J connectivity index is 2.10. The van der Waals surface area contributed by atoms with E-state index in [1.165, 1.54) is 0 Å². The maximum Gasteiger partial charge on any atom is 0.174 e. The molecule has 0 spiro atoms. The Bertz CT molecular complexity index is 765. The summed E-state index contributed by atoms with van der Waals surface area (Å²) in [6.07, 6.45) is 0. The molecule has 0 fully saturated rings. The number of aromatic amines is 1. The lowest BCUT2D eigenvalue weighted by atomic mass is 10.2. The van der Waals surface area contributed by atoms with E-state index >= 15 is 0 Å². The minimum Gasteiger partial charge on any atom is -0.490 e. The lowest BCUT2D eigenvalue weighted by Crippen LogP contribution is -2.01. The number of benzene rings is 2. The van der Waals surface area contributed by atoms with E-state index < -0.39 is 0 Å². The van der Waals surface area contributed by atoms with Crippen molar-refractivity contribution in [2.45, 2.75) is 13.8 Å². The zero-order valence-electron chi connectivity index (χ0n) is 12.5. The van der Waals surface area contributed by atoms with Crippen molar-refractivity contribution in [1.82, 2.24) is 9.97 Å². The molecule has 22 heavy (non-hydrogen) atoms. The van der Waals surface area contributed by atoms with Gasteiger partial charge in [0.1, 0.15) is 5.82 Å². The second-order valence-electron chi connectivity index (χ2n) is 4.75. The molecule has 0 radical (unpaired) electrons. The number of imidazole rings is 1. The van der Waals surface area contributed by atoms with Crippen LogP contribution >= 0.6 is 22.6 Å². The Morgan fingerprint density at radius 3 is 2.59 bits per heavy atom. The Morgan fingerprint density at radius 1 is 1.09 bits per heavy atom. The Morgan fingerprint density at radius 2 is 1.86 bits per heavy atom. The molecule has 114 valence electrons. The number of hydrogen-bond donors (Lipinski definition) is 1. The fourth-order valence-corrected chi connectivity index (χ4v) is 3.10. The quantitative estimate of drug-likeness (QED) is 0.627. The lowest BCUT2D eigenvalue weighted by molar-refractivity contribution is 0.286. The molecule has 0 unspecified atom stereocenters. The van der Waals surface area contributed by atoms with Crippen LogP contribution in [0.4, 0.5) is 0 Å². The van der Waals surface area contributed by atoms with Crippen LogP contribution in [0.25, 0.3) is 22.4 Å². The van der Waals surface area contributed by atoms with Crippen LogP contribution in [-0.4, -0.2) is 23.2 Å². The van der Waals surface area contributed by atoms with Gasteiger partial charge >= 0.3 is 0 Å². The van der Waals surface area contributed by atoms with Crippen molar-refractivity contribution in [3.8, 4) is 22.9 Å². The normalized spacial score (nSPS) is 10.9. The molecule has 1 N–H and O–H groups in total. The van der Waals surface area contributed by atoms with E-state index in [9.17, 15) is 0 Å². The molecule has 2 aromatic carbocycles. The van der Waals surface area contributed by atoms with E-state index in [1.807, 2.05) is 44.2 Å². The summed E-state index contributed by atoms with van der Waals surface area (Å²) in [4.78, 5) is 7.99. The van der Waals surface area contributed by atoms with Gasteiger partial charge in [0.25, 0.3) is 0 Å². The molecule has 0 amide bonds. The van der Waals surface area contributed by atoms with Crippen molar-refractivity contribution in [2.24, 2.45) is 0 Å². The summed E-state index contributed by atoms with van der Waals surface area (Å²) in [5.74, 6) is 2.39. The van der Waals surface area contributed by atoms with Crippen LogP contribution in [0.15, 0.2) is 36.4 Å².